The second-order valence-electron chi connectivity index (χ2n) is 11.4. The van der Waals surface area contributed by atoms with Crippen molar-refractivity contribution in [2.75, 3.05) is 7.05 Å². The van der Waals surface area contributed by atoms with Gasteiger partial charge in [-0.2, -0.15) is 0 Å². The minimum Gasteiger partial charge on any atom is -0.507 e. The van der Waals surface area contributed by atoms with Gasteiger partial charge in [-0.05, 0) is 61.0 Å². The molecule has 3 aromatic carbocycles. The van der Waals surface area contributed by atoms with Crippen molar-refractivity contribution >= 4 is 29.7 Å². The average Bonchev–Trinajstić information content (AvgIpc) is 3.06. The number of esters is 2. The number of hydrogen-bond donors (Lipinski definition) is 10. The van der Waals surface area contributed by atoms with Gasteiger partial charge >= 0.3 is 17.9 Å². The molecule has 4 rings (SSSR count). The van der Waals surface area contributed by atoms with Gasteiger partial charge in [-0.25, -0.2) is 14.4 Å². The number of phenolic OH excluding ortho intramolecular Hbond substituents is 4. The quantitative estimate of drug-likeness (QED) is 0.0449. The molecular weight excluding hydrogens is 646 g/mol. The molecule has 6 unspecified atom stereocenters. The maximum absolute atomic E-state index is 13.4. The second-order valence-corrected chi connectivity index (χ2v) is 11.4. The number of rotatable bonds is 11. The van der Waals surface area contributed by atoms with Crippen LogP contribution in [0.1, 0.15) is 23.1 Å². The van der Waals surface area contributed by atoms with Gasteiger partial charge in [0.1, 0.15) is 11.9 Å². The number of aliphatic hydroxyl groups is 4. The molecular formula is C34H35NO14. The molecule has 1 fully saturated rings. The van der Waals surface area contributed by atoms with Crippen LogP contribution in [0.15, 0.2) is 78.9 Å². The first-order valence-electron chi connectivity index (χ1n) is 14.7. The lowest BCUT2D eigenvalue weighted by Gasteiger charge is -2.54. The zero-order chi connectivity index (χ0) is 36.1. The Hall–Kier alpha value is -5.61. The van der Waals surface area contributed by atoms with Gasteiger partial charge in [-0.3, -0.25) is 5.32 Å². The lowest BCUT2D eigenvalue weighted by atomic mass is 9.62. The predicted octanol–water partition coefficient (Wildman–Crippen LogP) is 1.29. The molecule has 15 nitrogen and oxygen atoms in total. The lowest BCUT2D eigenvalue weighted by molar-refractivity contribution is -0.284. The van der Waals surface area contributed by atoms with Crippen molar-refractivity contribution in [1.29, 1.82) is 0 Å². The summed E-state index contributed by atoms with van der Waals surface area (Å²) in [6.07, 6.45) is -5.28. The molecule has 49 heavy (non-hydrogen) atoms. The number of carboxylic acids is 1. The van der Waals surface area contributed by atoms with E-state index in [1.54, 1.807) is 30.3 Å². The fraction of sp³-hybridized carbons (Fsp3) is 0.265. The smallest absolute Gasteiger partial charge is 0.336 e. The minimum absolute atomic E-state index is 0.155. The first-order chi connectivity index (χ1) is 23.1. The van der Waals surface area contributed by atoms with Crippen LogP contribution in [0.25, 0.3) is 11.8 Å². The number of ether oxygens (including phenoxy) is 2. The van der Waals surface area contributed by atoms with Crippen LogP contribution in [0.4, 0.5) is 0 Å². The first-order valence-corrected chi connectivity index (χ1v) is 14.7. The summed E-state index contributed by atoms with van der Waals surface area (Å²) in [5.74, 6) is -9.06. The average molecular weight is 682 g/mol. The van der Waals surface area contributed by atoms with Crippen molar-refractivity contribution in [3.8, 4) is 23.0 Å². The number of aliphatic hydroxyl groups excluding tert-OH is 3. The Morgan fingerprint density at radius 2 is 1.55 bits per heavy atom. The van der Waals surface area contributed by atoms with Crippen LogP contribution in [0, 0.1) is 5.92 Å². The van der Waals surface area contributed by atoms with Gasteiger partial charge < -0.3 is 55.4 Å². The van der Waals surface area contributed by atoms with Crippen molar-refractivity contribution in [2.45, 2.75) is 42.5 Å². The van der Waals surface area contributed by atoms with Crippen LogP contribution in [-0.2, 0) is 30.3 Å². The predicted molar refractivity (Wildman–Crippen MR) is 170 cm³/mol. The van der Waals surface area contributed by atoms with Gasteiger partial charge in [0.25, 0.3) is 0 Å². The van der Waals surface area contributed by atoms with Gasteiger partial charge in [0.15, 0.2) is 40.9 Å². The molecule has 0 saturated heterocycles. The highest BCUT2D eigenvalue weighted by atomic mass is 16.6. The largest absolute Gasteiger partial charge is 0.507 e. The Morgan fingerprint density at radius 1 is 0.918 bits per heavy atom. The zero-order valence-corrected chi connectivity index (χ0v) is 25.9. The van der Waals surface area contributed by atoms with Crippen LogP contribution in [-0.4, -0.2) is 101 Å². The van der Waals surface area contributed by atoms with Gasteiger partial charge in [0, 0.05) is 24.0 Å². The Kier molecular flexibility index (Phi) is 10.8. The molecule has 1 aliphatic carbocycles. The van der Waals surface area contributed by atoms with Crippen LogP contribution in [0.5, 0.6) is 23.0 Å². The monoisotopic (exact) mass is 681 g/mol. The highest BCUT2D eigenvalue weighted by Crippen LogP contribution is 2.47. The van der Waals surface area contributed by atoms with E-state index < -0.39 is 88.6 Å². The number of carbonyl (C=O) groups excluding carboxylic acids is 2. The van der Waals surface area contributed by atoms with Crippen molar-refractivity contribution in [3.05, 3.63) is 95.6 Å². The molecule has 260 valence electrons. The van der Waals surface area contributed by atoms with E-state index >= 15 is 0 Å². The van der Waals surface area contributed by atoms with Crippen molar-refractivity contribution < 1.29 is 69.8 Å². The molecule has 6 atom stereocenters. The van der Waals surface area contributed by atoms with Crippen LogP contribution < -0.4 is 5.32 Å². The van der Waals surface area contributed by atoms with Gasteiger partial charge in [0.05, 0.1) is 6.08 Å². The summed E-state index contributed by atoms with van der Waals surface area (Å²) >= 11 is 0. The third-order valence-electron chi connectivity index (χ3n) is 8.28. The SMILES string of the molecule is CNC(O)C1(OC(=O)C=Cc2ccc(O)c(O)c2)C(O)CC(O)(C(=O)O)C(Cc2ccccc2)C1OC(=O)C=C(O)c1ccc(O)c(O)c1. The molecule has 0 spiro atoms. The number of aromatic hydroxyl groups is 4. The van der Waals surface area contributed by atoms with E-state index in [1.807, 2.05) is 0 Å². The van der Waals surface area contributed by atoms with Gasteiger partial charge in [0.2, 0.25) is 5.60 Å². The number of phenols is 4. The normalized spacial score (nSPS) is 24.7. The van der Waals surface area contributed by atoms with Crippen LogP contribution in [0.3, 0.4) is 0 Å². The van der Waals surface area contributed by atoms with E-state index in [9.17, 15) is 60.3 Å². The fourth-order valence-electron chi connectivity index (χ4n) is 5.72. The van der Waals surface area contributed by atoms with Crippen molar-refractivity contribution in [2.24, 2.45) is 5.92 Å². The molecule has 0 amide bonds. The summed E-state index contributed by atoms with van der Waals surface area (Å²) in [7, 11) is 1.20. The highest BCUT2D eigenvalue weighted by molar-refractivity contribution is 5.90. The van der Waals surface area contributed by atoms with Crippen molar-refractivity contribution in [1.82, 2.24) is 5.32 Å². The maximum Gasteiger partial charge on any atom is 0.336 e. The van der Waals surface area contributed by atoms with Crippen LogP contribution >= 0.6 is 0 Å². The Morgan fingerprint density at radius 3 is 2.14 bits per heavy atom. The number of aliphatic carboxylic acids is 1. The van der Waals surface area contributed by atoms with Gasteiger partial charge in [-0.1, -0.05) is 36.4 Å². The number of carboxylic acid groups (broad SMARTS) is 1. The maximum atomic E-state index is 13.4. The van der Waals surface area contributed by atoms with Crippen LogP contribution in [0.2, 0.25) is 0 Å². The third kappa shape index (κ3) is 7.60. The number of likely N-dealkylation sites (N-methyl/N-ethyl adjacent to an activating group) is 1. The number of nitrogens with one attached hydrogen (secondary N) is 1. The number of carbonyl (C=O) groups is 3. The Balaban J connectivity index is 1.84. The molecule has 15 heteroatoms. The topological polar surface area (TPSA) is 264 Å². The summed E-state index contributed by atoms with van der Waals surface area (Å²) in [6, 6.07) is 14.8. The summed E-state index contributed by atoms with van der Waals surface area (Å²) < 4.78 is 11.3. The van der Waals surface area contributed by atoms with E-state index in [0.29, 0.717) is 11.6 Å². The number of benzene rings is 3. The summed E-state index contributed by atoms with van der Waals surface area (Å²) in [5.41, 5.74) is -5.06. The molecule has 0 aromatic heterocycles. The van der Waals surface area contributed by atoms with E-state index in [-0.39, 0.29) is 17.5 Å². The summed E-state index contributed by atoms with van der Waals surface area (Å²) in [4.78, 5) is 39.4. The fourth-order valence-corrected chi connectivity index (χ4v) is 5.72. The number of hydrogen-bond acceptors (Lipinski definition) is 14. The molecule has 3 aromatic rings. The van der Waals surface area contributed by atoms with E-state index in [1.165, 1.54) is 13.1 Å². The molecule has 0 heterocycles. The molecule has 0 radical (unpaired) electrons. The molecule has 0 aliphatic heterocycles. The Bertz CT molecular complexity index is 1760. The lowest BCUT2D eigenvalue weighted by Crippen LogP contribution is -2.76. The van der Waals surface area contributed by atoms with E-state index in [4.69, 9.17) is 9.47 Å². The molecule has 10 N–H and O–H groups in total. The Labute approximate surface area is 278 Å². The summed E-state index contributed by atoms with van der Waals surface area (Å²) in [6.45, 7) is 0. The minimum atomic E-state index is -2.84. The van der Waals surface area contributed by atoms with Crippen molar-refractivity contribution in [3.63, 3.8) is 0 Å². The van der Waals surface area contributed by atoms with Gasteiger partial charge in [-0.15, -0.1) is 0 Å². The van der Waals surface area contributed by atoms with E-state index in [0.717, 1.165) is 42.5 Å². The standard InChI is InChI=1S/C34H35NO14/c1-35-31(44)34(49-28(42)12-8-19-7-10-22(36)25(39)14-19)27(41)17-33(47,32(45)46)21(13-18-5-3-2-4-6-18)30(34)48-29(43)16-24(38)20-9-11-23(37)26(40)15-20/h2-12,14-16,21,27,30-31,35-41,44,47H,13,17H2,1H3,(H,45,46). The second kappa shape index (κ2) is 14.7. The zero-order valence-electron chi connectivity index (χ0n) is 25.9. The molecule has 1 aliphatic rings. The molecule has 0 bridgehead atoms. The first kappa shape index (κ1) is 36.2. The highest BCUT2D eigenvalue weighted by Gasteiger charge is 2.69. The summed E-state index contributed by atoms with van der Waals surface area (Å²) in [5, 5.41) is 96.4. The van der Waals surface area contributed by atoms with E-state index in [2.05, 4.69) is 5.32 Å². The molecule has 1 saturated carbocycles. The third-order valence-corrected chi connectivity index (χ3v) is 8.28.